The van der Waals surface area contributed by atoms with E-state index in [2.05, 4.69) is 11.6 Å². The highest BCUT2D eigenvalue weighted by Crippen LogP contribution is 2.58. The van der Waals surface area contributed by atoms with E-state index in [0.717, 1.165) is 5.56 Å². The molecular weight excluding hydrogens is 442 g/mol. The van der Waals surface area contributed by atoms with E-state index in [0.29, 0.717) is 12.8 Å². The Balaban J connectivity index is 1.58. The second-order valence-electron chi connectivity index (χ2n) is 8.59. The van der Waals surface area contributed by atoms with Gasteiger partial charge in [0, 0.05) is 36.2 Å². The van der Waals surface area contributed by atoms with Gasteiger partial charge in [-0.05, 0) is 24.2 Å². The molecule has 1 aromatic carbocycles. The molecule has 1 saturated heterocycles. The van der Waals surface area contributed by atoms with E-state index < -0.39 is 23.5 Å². The summed E-state index contributed by atoms with van der Waals surface area (Å²) in [6.07, 6.45) is 6.86. The molecule has 1 aromatic heterocycles. The van der Waals surface area contributed by atoms with Gasteiger partial charge in [0.1, 0.15) is 25.1 Å². The quantitative estimate of drug-likeness (QED) is 0.363. The minimum Gasteiger partial charge on any atom is -0.467 e. The molecule has 2 heterocycles. The number of rotatable bonds is 6. The first-order valence-corrected chi connectivity index (χ1v) is 11.2. The van der Waals surface area contributed by atoms with E-state index >= 15 is 0 Å². The van der Waals surface area contributed by atoms with Crippen LogP contribution < -0.4 is 0 Å². The number of allylic oxidation sites excluding steroid dienone is 1. The molecule has 0 bridgehead atoms. The summed E-state index contributed by atoms with van der Waals surface area (Å²) in [6.45, 7) is 5.96. The van der Waals surface area contributed by atoms with Crippen molar-refractivity contribution in [2.24, 2.45) is 11.3 Å². The van der Waals surface area contributed by atoms with Gasteiger partial charge >= 0.3 is 12.1 Å². The number of methoxy groups -OCH3 is 1. The third kappa shape index (κ3) is 4.13. The number of nitrogens with zero attached hydrogens (tertiary/aromatic N) is 3. The van der Waals surface area contributed by atoms with Gasteiger partial charge in [0.05, 0.1) is 7.11 Å². The van der Waals surface area contributed by atoms with E-state index in [1.54, 1.807) is 29.4 Å². The zero-order valence-electron chi connectivity index (χ0n) is 18.6. The molecule has 1 saturated carbocycles. The average molecular weight is 470 g/mol. The van der Waals surface area contributed by atoms with Crippen LogP contribution in [-0.4, -0.2) is 57.0 Å². The number of thiocarbonyl (C=S) groups is 1. The van der Waals surface area contributed by atoms with E-state index in [1.807, 2.05) is 37.3 Å². The summed E-state index contributed by atoms with van der Waals surface area (Å²) in [6, 6.07) is 8.35. The van der Waals surface area contributed by atoms with Gasteiger partial charge in [-0.1, -0.05) is 43.3 Å². The Bertz CT molecular complexity index is 1030. The summed E-state index contributed by atoms with van der Waals surface area (Å²) in [5, 5.41) is 0.275. The first-order valence-electron chi connectivity index (χ1n) is 10.8. The number of hydrogen-bond donors (Lipinski definition) is 0. The number of benzene rings is 1. The lowest BCUT2D eigenvalue weighted by molar-refractivity contribution is -0.149. The van der Waals surface area contributed by atoms with Crippen LogP contribution in [0, 0.1) is 11.3 Å². The van der Waals surface area contributed by atoms with Crippen molar-refractivity contribution in [2.75, 3.05) is 7.11 Å². The monoisotopic (exact) mass is 469 g/mol. The summed E-state index contributed by atoms with van der Waals surface area (Å²) in [5.74, 6) is -0.633. The van der Waals surface area contributed by atoms with Crippen LogP contribution >= 0.6 is 12.2 Å². The number of carbonyl (C=O) groups excluding carboxylic acids is 2. The Morgan fingerprint density at radius 2 is 2.09 bits per heavy atom. The number of imidazole rings is 1. The van der Waals surface area contributed by atoms with Crippen LogP contribution in [0.1, 0.15) is 25.3 Å². The lowest BCUT2D eigenvalue weighted by atomic mass is 9.61. The van der Waals surface area contributed by atoms with E-state index in [1.165, 1.54) is 12.0 Å². The number of ether oxygens (including phenoxy) is 3. The number of hydrogen-bond acceptors (Lipinski definition) is 7. The van der Waals surface area contributed by atoms with Gasteiger partial charge in [0.2, 0.25) is 0 Å². The van der Waals surface area contributed by atoms with Crippen molar-refractivity contribution in [3.05, 3.63) is 67.3 Å². The average Bonchev–Trinajstić information content (AvgIpc) is 3.39. The summed E-state index contributed by atoms with van der Waals surface area (Å²) in [7, 11) is 1.33. The van der Waals surface area contributed by atoms with Crippen molar-refractivity contribution in [1.82, 2.24) is 14.5 Å². The molecule has 2 fully saturated rings. The molecule has 2 aliphatic rings. The SMILES string of the molecule is C=CC[C@]1(C)[C@H]2C(OC(=S)n3ccnc3)C[C@H]2N(C(=O)OCc2ccccc2)[C@@H]1C(=O)OC. The predicted octanol–water partition coefficient (Wildman–Crippen LogP) is 3.57. The Kier molecular flexibility index (Phi) is 6.51. The molecule has 5 atom stereocenters. The molecular formula is C24H27N3O5S. The maximum Gasteiger partial charge on any atom is 0.411 e. The van der Waals surface area contributed by atoms with Crippen LogP contribution in [0.2, 0.25) is 0 Å². The zero-order valence-corrected chi connectivity index (χ0v) is 19.4. The number of fused-ring (bicyclic) bond motifs is 1. The van der Waals surface area contributed by atoms with Gasteiger partial charge in [-0.3, -0.25) is 9.47 Å². The fraction of sp³-hybridized carbons (Fsp3) is 0.417. The number of esters is 1. The molecule has 2 aromatic rings. The van der Waals surface area contributed by atoms with Crippen molar-refractivity contribution >= 4 is 29.5 Å². The lowest BCUT2D eigenvalue weighted by Gasteiger charge is -2.46. The third-order valence-corrected chi connectivity index (χ3v) is 7.01. The summed E-state index contributed by atoms with van der Waals surface area (Å²) >= 11 is 5.41. The van der Waals surface area contributed by atoms with Crippen molar-refractivity contribution in [2.45, 2.75) is 44.6 Å². The molecule has 1 aliphatic heterocycles. The molecule has 174 valence electrons. The maximum atomic E-state index is 13.2. The van der Waals surface area contributed by atoms with Crippen LogP contribution in [-0.2, 0) is 25.6 Å². The summed E-state index contributed by atoms with van der Waals surface area (Å²) < 4.78 is 18.4. The second kappa shape index (κ2) is 9.35. The van der Waals surface area contributed by atoms with Crippen LogP contribution in [0.25, 0.3) is 0 Å². The van der Waals surface area contributed by atoms with Gasteiger partial charge in [-0.2, -0.15) is 0 Å². The standard InChI is InChI=1S/C24H27N3O5S/c1-4-10-24(2)19-17(13-18(19)32-23(33)26-12-11-25-15-26)27(20(24)21(28)30-3)22(29)31-14-16-8-6-5-7-9-16/h4-9,11-12,15,17-20H,1,10,13-14H2,2-3H3/t17-,18?,19-,20-,24-/m1/s1. The minimum absolute atomic E-state index is 0.115. The second-order valence-corrected chi connectivity index (χ2v) is 8.94. The summed E-state index contributed by atoms with van der Waals surface area (Å²) in [5.41, 5.74) is 0.212. The van der Waals surface area contributed by atoms with E-state index in [9.17, 15) is 9.59 Å². The van der Waals surface area contributed by atoms with Crippen LogP contribution in [0.15, 0.2) is 61.7 Å². The minimum atomic E-state index is -0.825. The topological polar surface area (TPSA) is 82.9 Å². The molecule has 1 aliphatic carbocycles. The normalized spacial score (nSPS) is 27.8. The van der Waals surface area contributed by atoms with Gasteiger partial charge in [0.25, 0.3) is 5.17 Å². The van der Waals surface area contributed by atoms with Gasteiger partial charge in [0.15, 0.2) is 0 Å². The van der Waals surface area contributed by atoms with Crippen LogP contribution in [0.4, 0.5) is 4.79 Å². The predicted molar refractivity (Wildman–Crippen MR) is 124 cm³/mol. The Morgan fingerprint density at radius 1 is 1.33 bits per heavy atom. The largest absolute Gasteiger partial charge is 0.467 e. The number of aromatic nitrogens is 2. The van der Waals surface area contributed by atoms with Gasteiger partial charge in [-0.25, -0.2) is 14.6 Å². The number of likely N-dealkylation sites (tertiary alicyclic amines) is 1. The highest BCUT2D eigenvalue weighted by Gasteiger charge is 2.69. The molecule has 0 N–H and O–H groups in total. The van der Waals surface area contributed by atoms with Crippen LogP contribution in [0.5, 0.6) is 0 Å². The molecule has 1 amide bonds. The van der Waals surface area contributed by atoms with E-state index in [-0.39, 0.29) is 29.8 Å². The Labute approximate surface area is 198 Å². The maximum absolute atomic E-state index is 13.2. The smallest absolute Gasteiger partial charge is 0.411 e. The fourth-order valence-electron chi connectivity index (χ4n) is 5.19. The zero-order chi connectivity index (χ0) is 23.6. The molecule has 9 heteroatoms. The highest BCUT2D eigenvalue weighted by molar-refractivity contribution is 7.80. The lowest BCUT2D eigenvalue weighted by Crippen LogP contribution is -2.55. The molecule has 1 unspecified atom stereocenters. The van der Waals surface area contributed by atoms with Gasteiger partial charge < -0.3 is 14.2 Å². The third-order valence-electron chi connectivity index (χ3n) is 6.70. The molecule has 0 radical (unpaired) electrons. The molecule has 0 spiro atoms. The Morgan fingerprint density at radius 3 is 2.73 bits per heavy atom. The van der Waals surface area contributed by atoms with Crippen LogP contribution in [0.3, 0.4) is 0 Å². The van der Waals surface area contributed by atoms with E-state index in [4.69, 9.17) is 26.4 Å². The van der Waals surface area contributed by atoms with Crippen molar-refractivity contribution in [3.8, 4) is 0 Å². The number of carbonyl (C=O) groups is 2. The fourth-order valence-corrected chi connectivity index (χ4v) is 5.42. The van der Waals surface area contributed by atoms with Crippen molar-refractivity contribution < 1.29 is 23.8 Å². The Hall–Kier alpha value is -3.20. The molecule has 8 nitrogen and oxygen atoms in total. The van der Waals surface area contributed by atoms with Crippen molar-refractivity contribution in [3.63, 3.8) is 0 Å². The molecule has 33 heavy (non-hydrogen) atoms. The number of amides is 1. The van der Waals surface area contributed by atoms with Crippen molar-refractivity contribution in [1.29, 1.82) is 0 Å². The summed E-state index contributed by atoms with van der Waals surface area (Å²) in [4.78, 5) is 31.7. The first kappa shape index (κ1) is 23.0. The first-order chi connectivity index (χ1) is 15.9. The molecule has 4 rings (SSSR count). The highest BCUT2D eigenvalue weighted by atomic mass is 32.1. The van der Waals surface area contributed by atoms with Gasteiger partial charge in [-0.15, -0.1) is 6.58 Å².